The predicted molar refractivity (Wildman–Crippen MR) is 61.9 cm³/mol. The van der Waals surface area contributed by atoms with Crippen molar-refractivity contribution in [1.82, 2.24) is 0 Å². The quantitative estimate of drug-likeness (QED) is 0.363. The molecule has 0 fully saturated rings. The van der Waals surface area contributed by atoms with Gasteiger partial charge in [0.05, 0.1) is 6.61 Å². The van der Waals surface area contributed by atoms with E-state index < -0.39 is 0 Å². The third-order valence-corrected chi connectivity index (χ3v) is 2.41. The molecule has 0 rings (SSSR count). The lowest BCUT2D eigenvalue weighted by Gasteiger charge is -1.96. The first-order valence-corrected chi connectivity index (χ1v) is 6.15. The second-order valence-electron chi connectivity index (χ2n) is 3.87. The summed E-state index contributed by atoms with van der Waals surface area (Å²) in [6.07, 6.45) is 15.5. The molecule has 0 saturated carbocycles. The molecule has 14 heavy (non-hydrogen) atoms. The predicted octanol–water partition coefficient (Wildman–Crippen LogP) is 4.50. The molecular weight excluding hydrogens is 172 g/mol. The van der Waals surface area contributed by atoms with E-state index in [4.69, 9.17) is 0 Å². The molecule has 0 aliphatic rings. The normalized spacial score (nSPS) is 11.3. The van der Waals surface area contributed by atoms with Gasteiger partial charge in [0.25, 0.3) is 0 Å². The van der Waals surface area contributed by atoms with E-state index in [1.54, 1.807) is 0 Å². The molecular formula is C13H25O. The van der Waals surface area contributed by atoms with Gasteiger partial charge < -0.3 is 0 Å². The summed E-state index contributed by atoms with van der Waals surface area (Å²) in [5.41, 5.74) is 0. The Labute approximate surface area is 89.2 Å². The smallest absolute Gasteiger partial charge is 0.0822 e. The van der Waals surface area contributed by atoms with Crippen LogP contribution in [0.1, 0.15) is 64.7 Å². The zero-order valence-corrected chi connectivity index (χ0v) is 9.63. The van der Waals surface area contributed by atoms with Crippen LogP contribution in [0, 0.1) is 0 Å². The molecule has 0 unspecified atom stereocenters. The first-order valence-electron chi connectivity index (χ1n) is 6.15. The molecule has 0 spiro atoms. The van der Waals surface area contributed by atoms with Crippen LogP contribution >= 0.6 is 0 Å². The maximum atomic E-state index is 10.1. The van der Waals surface area contributed by atoms with Crippen LogP contribution in [0.5, 0.6) is 0 Å². The Morgan fingerprint density at radius 1 is 0.786 bits per heavy atom. The molecule has 0 aliphatic carbocycles. The molecule has 0 saturated heterocycles. The number of allylic oxidation sites excluding steroid dienone is 2. The molecule has 0 aliphatic heterocycles. The van der Waals surface area contributed by atoms with Gasteiger partial charge in [0.15, 0.2) is 0 Å². The minimum absolute atomic E-state index is 0.0882. The van der Waals surface area contributed by atoms with Crippen molar-refractivity contribution in [1.29, 1.82) is 0 Å². The molecule has 1 radical (unpaired) electrons. The highest BCUT2D eigenvalue weighted by Gasteiger charge is 1.86. The van der Waals surface area contributed by atoms with E-state index in [0.29, 0.717) is 0 Å². The Bertz CT molecular complexity index is 118. The summed E-state index contributed by atoms with van der Waals surface area (Å²) in [7, 11) is 0. The summed E-state index contributed by atoms with van der Waals surface area (Å²) in [5.74, 6) is 0. The van der Waals surface area contributed by atoms with Crippen molar-refractivity contribution in [2.75, 3.05) is 6.61 Å². The number of rotatable bonds is 10. The molecule has 0 N–H and O–H groups in total. The highest BCUT2D eigenvalue weighted by atomic mass is 16.2. The summed E-state index contributed by atoms with van der Waals surface area (Å²) >= 11 is 0. The molecule has 83 valence electrons. The van der Waals surface area contributed by atoms with Crippen molar-refractivity contribution in [3.63, 3.8) is 0 Å². The average molecular weight is 197 g/mol. The van der Waals surface area contributed by atoms with Crippen molar-refractivity contribution in [2.24, 2.45) is 0 Å². The summed E-state index contributed by atoms with van der Waals surface area (Å²) < 4.78 is 0. The van der Waals surface area contributed by atoms with Crippen molar-refractivity contribution in [2.45, 2.75) is 64.7 Å². The van der Waals surface area contributed by atoms with Gasteiger partial charge in [-0.05, 0) is 32.1 Å². The van der Waals surface area contributed by atoms with Crippen LogP contribution in [-0.2, 0) is 5.11 Å². The molecule has 0 aromatic heterocycles. The first-order chi connectivity index (χ1) is 6.91. The van der Waals surface area contributed by atoms with Gasteiger partial charge in [0, 0.05) is 0 Å². The molecule has 1 heteroatoms. The van der Waals surface area contributed by atoms with Gasteiger partial charge >= 0.3 is 0 Å². The fourth-order valence-electron chi connectivity index (χ4n) is 1.47. The van der Waals surface area contributed by atoms with Crippen LogP contribution in [0.25, 0.3) is 0 Å². The van der Waals surface area contributed by atoms with Gasteiger partial charge in [-0.2, -0.15) is 0 Å². The molecule has 0 aromatic rings. The van der Waals surface area contributed by atoms with Gasteiger partial charge in [-0.25, -0.2) is 5.11 Å². The third kappa shape index (κ3) is 11.7. The fraction of sp³-hybridized carbons (Fsp3) is 0.846. The third-order valence-electron chi connectivity index (χ3n) is 2.41. The standard InChI is InChI=1S/C13H25O/c1-2-3-4-5-6-7-8-9-10-11-12-13-14/h8-9H,2-7,10-13H2,1H3/b9-8+. The first kappa shape index (κ1) is 13.7. The topological polar surface area (TPSA) is 19.9 Å². The Balaban J connectivity index is 2.96. The maximum absolute atomic E-state index is 10.1. The van der Waals surface area contributed by atoms with Crippen LogP contribution in [0.4, 0.5) is 0 Å². The zero-order chi connectivity index (χ0) is 10.5. The molecule has 0 heterocycles. The number of unbranched alkanes of at least 4 members (excludes halogenated alkanes) is 7. The summed E-state index contributed by atoms with van der Waals surface area (Å²) in [6.45, 7) is 2.33. The molecule has 1 nitrogen and oxygen atoms in total. The Morgan fingerprint density at radius 2 is 1.36 bits per heavy atom. The second kappa shape index (κ2) is 12.7. The van der Waals surface area contributed by atoms with E-state index in [0.717, 1.165) is 19.3 Å². The van der Waals surface area contributed by atoms with Crippen molar-refractivity contribution >= 4 is 0 Å². The zero-order valence-electron chi connectivity index (χ0n) is 9.63. The van der Waals surface area contributed by atoms with Crippen molar-refractivity contribution in [3.8, 4) is 0 Å². The minimum Gasteiger partial charge on any atom is -0.237 e. The molecule has 0 atom stereocenters. The second-order valence-corrected chi connectivity index (χ2v) is 3.87. The van der Waals surface area contributed by atoms with Gasteiger partial charge in [-0.3, -0.25) is 0 Å². The van der Waals surface area contributed by atoms with E-state index in [1.807, 2.05) is 0 Å². The van der Waals surface area contributed by atoms with E-state index in [9.17, 15) is 5.11 Å². The van der Waals surface area contributed by atoms with E-state index >= 15 is 0 Å². The Hall–Kier alpha value is -0.300. The maximum Gasteiger partial charge on any atom is 0.0822 e. The minimum atomic E-state index is 0.0882. The van der Waals surface area contributed by atoms with Gasteiger partial charge in [-0.1, -0.05) is 44.8 Å². The van der Waals surface area contributed by atoms with Crippen LogP contribution in [0.3, 0.4) is 0 Å². The lowest BCUT2D eigenvalue weighted by atomic mass is 10.1. The summed E-state index contributed by atoms with van der Waals surface area (Å²) in [5, 5.41) is 10.1. The Kier molecular flexibility index (Phi) is 12.4. The SMILES string of the molecule is CCCCCCC/C=C/CCCC[O]. The molecule has 0 amide bonds. The lowest BCUT2D eigenvalue weighted by Crippen LogP contribution is -1.79. The molecule has 0 aromatic carbocycles. The van der Waals surface area contributed by atoms with Crippen LogP contribution < -0.4 is 0 Å². The summed E-state index contributed by atoms with van der Waals surface area (Å²) in [6, 6.07) is 0. The summed E-state index contributed by atoms with van der Waals surface area (Å²) in [4.78, 5) is 0. The van der Waals surface area contributed by atoms with E-state index in [2.05, 4.69) is 19.1 Å². The highest BCUT2D eigenvalue weighted by molar-refractivity contribution is 4.81. The van der Waals surface area contributed by atoms with Gasteiger partial charge in [0.1, 0.15) is 0 Å². The van der Waals surface area contributed by atoms with Crippen LogP contribution in [-0.4, -0.2) is 6.61 Å². The van der Waals surface area contributed by atoms with Gasteiger partial charge in [0.2, 0.25) is 0 Å². The Morgan fingerprint density at radius 3 is 1.93 bits per heavy atom. The monoisotopic (exact) mass is 197 g/mol. The van der Waals surface area contributed by atoms with Crippen molar-refractivity contribution < 1.29 is 5.11 Å². The lowest BCUT2D eigenvalue weighted by molar-refractivity contribution is 0.187. The van der Waals surface area contributed by atoms with Crippen LogP contribution in [0.15, 0.2) is 12.2 Å². The number of hydrogen-bond acceptors (Lipinski definition) is 0. The largest absolute Gasteiger partial charge is 0.237 e. The van der Waals surface area contributed by atoms with Crippen LogP contribution in [0.2, 0.25) is 0 Å². The van der Waals surface area contributed by atoms with E-state index in [-0.39, 0.29) is 6.61 Å². The molecule has 0 bridgehead atoms. The highest BCUT2D eigenvalue weighted by Crippen LogP contribution is 2.06. The van der Waals surface area contributed by atoms with E-state index in [1.165, 1.54) is 38.5 Å². The van der Waals surface area contributed by atoms with Crippen molar-refractivity contribution in [3.05, 3.63) is 12.2 Å². The van der Waals surface area contributed by atoms with Gasteiger partial charge in [-0.15, -0.1) is 0 Å². The number of hydrogen-bond donors (Lipinski definition) is 0. The fourth-order valence-corrected chi connectivity index (χ4v) is 1.47. The average Bonchev–Trinajstić information content (AvgIpc) is 2.21.